The minimum absolute atomic E-state index is 0.121. The zero-order valence-electron chi connectivity index (χ0n) is 13.3. The maximum atomic E-state index is 12.1. The van der Waals surface area contributed by atoms with Gasteiger partial charge < -0.3 is 20.1 Å². The van der Waals surface area contributed by atoms with Crippen molar-refractivity contribution in [3.05, 3.63) is 29.8 Å². The number of ether oxygens (including phenoxy) is 2. The highest BCUT2D eigenvalue weighted by atomic mass is 16.5. The fraction of sp³-hybridized carbons (Fsp3) is 0.611. The van der Waals surface area contributed by atoms with E-state index < -0.39 is 0 Å². The van der Waals surface area contributed by atoms with Gasteiger partial charge in [0, 0.05) is 12.1 Å². The molecule has 0 aromatic heterocycles. The first-order chi connectivity index (χ1) is 11.3. The van der Waals surface area contributed by atoms with Crippen molar-refractivity contribution in [2.75, 3.05) is 0 Å². The van der Waals surface area contributed by atoms with E-state index >= 15 is 0 Å². The fourth-order valence-electron chi connectivity index (χ4n) is 3.62. The summed E-state index contributed by atoms with van der Waals surface area (Å²) in [4.78, 5) is 12.1. The molecule has 2 N–H and O–H groups in total. The number of para-hydroxylation sites is 1. The summed E-state index contributed by atoms with van der Waals surface area (Å²) in [7, 11) is 0. The summed E-state index contributed by atoms with van der Waals surface area (Å²) >= 11 is 0. The Morgan fingerprint density at radius 1 is 1.22 bits per heavy atom. The Balaban J connectivity index is 1.29. The molecule has 5 heteroatoms. The summed E-state index contributed by atoms with van der Waals surface area (Å²) in [5, 5.41) is 6.00. The van der Waals surface area contributed by atoms with Crippen molar-refractivity contribution in [1.82, 2.24) is 10.6 Å². The first-order valence-corrected chi connectivity index (χ1v) is 8.72. The van der Waals surface area contributed by atoms with Crippen LogP contribution in [0.4, 0.5) is 4.79 Å². The van der Waals surface area contributed by atoms with Gasteiger partial charge in [0.2, 0.25) is 0 Å². The van der Waals surface area contributed by atoms with E-state index in [1.807, 2.05) is 24.3 Å². The summed E-state index contributed by atoms with van der Waals surface area (Å²) < 4.78 is 11.8. The predicted octanol–water partition coefficient (Wildman–Crippen LogP) is 2.74. The molecule has 0 unspecified atom stereocenters. The second-order valence-electron chi connectivity index (χ2n) is 6.82. The maximum Gasteiger partial charge on any atom is 0.315 e. The largest absolute Gasteiger partial charge is 0.490 e. The lowest BCUT2D eigenvalue weighted by molar-refractivity contribution is 0.0981. The Morgan fingerprint density at radius 2 is 2.09 bits per heavy atom. The molecule has 23 heavy (non-hydrogen) atoms. The van der Waals surface area contributed by atoms with Gasteiger partial charge >= 0.3 is 6.03 Å². The van der Waals surface area contributed by atoms with Gasteiger partial charge in [0.15, 0.2) is 0 Å². The Morgan fingerprint density at radius 3 is 2.78 bits per heavy atom. The predicted molar refractivity (Wildman–Crippen MR) is 86.4 cm³/mol. The van der Waals surface area contributed by atoms with Crippen LogP contribution in [0.5, 0.6) is 5.75 Å². The lowest BCUT2D eigenvalue weighted by atomic mass is 9.96. The second kappa shape index (κ2) is 6.40. The van der Waals surface area contributed by atoms with Crippen LogP contribution in [0, 0.1) is 0 Å². The molecule has 3 fully saturated rings. The Bertz CT molecular complexity index is 573. The molecular weight excluding hydrogens is 292 g/mol. The lowest BCUT2D eigenvalue weighted by Gasteiger charge is -2.27. The number of amides is 2. The van der Waals surface area contributed by atoms with Crippen LogP contribution >= 0.6 is 0 Å². The summed E-state index contributed by atoms with van der Waals surface area (Å²) in [6.45, 7) is 0.483. The number of hydrogen-bond acceptors (Lipinski definition) is 3. The van der Waals surface area contributed by atoms with Crippen LogP contribution in [-0.2, 0) is 11.3 Å². The van der Waals surface area contributed by atoms with Crippen LogP contribution in [0.3, 0.4) is 0 Å². The zero-order chi connectivity index (χ0) is 15.6. The van der Waals surface area contributed by atoms with E-state index in [1.54, 1.807) is 0 Å². The first kappa shape index (κ1) is 14.8. The van der Waals surface area contributed by atoms with Gasteiger partial charge in [0.05, 0.1) is 24.4 Å². The standard InChI is InChI=1S/C18H24N2O3/c21-18(20-15-10-14-8-9-17(15)23-14)19-11-12-4-1-2-7-16(12)22-13-5-3-6-13/h1-2,4,7,13-15,17H,3,5-6,8-11H2,(H2,19,20,21)/t14-,15-,17-/m1/s1. The third-order valence-electron chi connectivity index (χ3n) is 5.18. The SMILES string of the molecule is O=C(NCc1ccccc1OC1CCC1)N[C@@H]1C[C@H]2CC[C@H]1O2. The fourth-order valence-corrected chi connectivity index (χ4v) is 3.62. The van der Waals surface area contributed by atoms with Crippen molar-refractivity contribution in [3.63, 3.8) is 0 Å². The molecule has 0 spiro atoms. The average molecular weight is 316 g/mol. The van der Waals surface area contributed by atoms with Crippen molar-refractivity contribution in [2.45, 2.75) is 69.4 Å². The van der Waals surface area contributed by atoms with E-state index in [0.717, 1.165) is 43.4 Å². The minimum Gasteiger partial charge on any atom is -0.490 e. The van der Waals surface area contributed by atoms with Gasteiger partial charge in [-0.2, -0.15) is 0 Å². The van der Waals surface area contributed by atoms with Gasteiger partial charge in [0.1, 0.15) is 5.75 Å². The topological polar surface area (TPSA) is 59.6 Å². The normalized spacial score (nSPS) is 29.1. The molecule has 2 amide bonds. The minimum atomic E-state index is -0.121. The number of urea groups is 1. The molecule has 124 valence electrons. The van der Waals surface area contributed by atoms with E-state index in [0.29, 0.717) is 18.8 Å². The van der Waals surface area contributed by atoms with Crippen LogP contribution in [-0.4, -0.2) is 30.4 Å². The number of benzene rings is 1. The highest BCUT2D eigenvalue weighted by molar-refractivity contribution is 5.74. The number of carbonyl (C=O) groups excluding carboxylic acids is 1. The molecule has 3 aliphatic rings. The second-order valence-corrected chi connectivity index (χ2v) is 6.82. The van der Waals surface area contributed by atoms with E-state index in [1.165, 1.54) is 6.42 Å². The number of hydrogen-bond donors (Lipinski definition) is 2. The lowest BCUT2D eigenvalue weighted by Crippen LogP contribution is -2.46. The Kier molecular flexibility index (Phi) is 4.12. The monoisotopic (exact) mass is 316 g/mol. The van der Waals surface area contributed by atoms with Gasteiger partial charge in [-0.25, -0.2) is 4.79 Å². The van der Waals surface area contributed by atoms with Gasteiger partial charge in [0.25, 0.3) is 0 Å². The quantitative estimate of drug-likeness (QED) is 0.878. The maximum absolute atomic E-state index is 12.1. The first-order valence-electron chi connectivity index (χ1n) is 8.72. The van der Waals surface area contributed by atoms with Crippen molar-refractivity contribution < 1.29 is 14.3 Å². The van der Waals surface area contributed by atoms with Crippen LogP contribution < -0.4 is 15.4 Å². The van der Waals surface area contributed by atoms with E-state index in [-0.39, 0.29) is 18.2 Å². The van der Waals surface area contributed by atoms with Crippen LogP contribution in [0.15, 0.2) is 24.3 Å². The molecular formula is C18H24N2O3. The van der Waals surface area contributed by atoms with Crippen LogP contribution in [0.25, 0.3) is 0 Å². The molecule has 5 nitrogen and oxygen atoms in total. The van der Waals surface area contributed by atoms with E-state index in [4.69, 9.17) is 9.47 Å². The van der Waals surface area contributed by atoms with E-state index in [9.17, 15) is 4.79 Å². The zero-order valence-corrected chi connectivity index (χ0v) is 13.3. The number of carbonyl (C=O) groups is 1. The molecule has 2 saturated heterocycles. The van der Waals surface area contributed by atoms with Crippen LogP contribution in [0.1, 0.15) is 44.1 Å². The summed E-state index contributed by atoms with van der Waals surface area (Å²) in [6.07, 6.45) is 7.56. The number of rotatable bonds is 5. The van der Waals surface area contributed by atoms with Crippen LogP contribution in [0.2, 0.25) is 0 Å². The summed E-state index contributed by atoms with van der Waals surface area (Å²) in [5.41, 5.74) is 1.03. The molecule has 2 bridgehead atoms. The highest BCUT2D eigenvalue weighted by Crippen LogP contribution is 2.34. The Labute approximate surface area is 136 Å². The molecule has 1 aliphatic carbocycles. The molecule has 2 heterocycles. The third-order valence-corrected chi connectivity index (χ3v) is 5.18. The molecule has 2 aliphatic heterocycles. The number of nitrogens with one attached hydrogen (secondary N) is 2. The van der Waals surface area contributed by atoms with Crippen molar-refractivity contribution in [1.29, 1.82) is 0 Å². The van der Waals surface area contributed by atoms with Crippen molar-refractivity contribution in [3.8, 4) is 5.75 Å². The smallest absolute Gasteiger partial charge is 0.315 e. The molecule has 0 radical (unpaired) electrons. The summed E-state index contributed by atoms with van der Waals surface area (Å²) in [5.74, 6) is 0.890. The summed E-state index contributed by atoms with van der Waals surface area (Å²) in [6, 6.07) is 7.99. The third kappa shape index (κ3) is 3.29. The van der Waals surface area contributed by atoms with Crippen molar-refractivity contribution >= 4 is 6.03 Å². The van der Waals surface area contributed by atoms with Crippen molar-refractivity contribution in [2.24, 2.45) is 0 Å². The van der Waals surface area contributed by atoms with Gasteiger partial charge in [-0.15, -0.1) is 0 Å². The molecule has 1 aromatic carbocycles. The molecule has 4 rings (SSSR count). The Hall–Kier alpha value is -1.75. The molecule has 3 atom stereocenters. The highest BCUT2D eigenvalue weighted by Gasteiger charge is 2.41. The van der Waals surface area contributed by atoms with Gasteiger partial charge in [-0.1, -0.05) is 18.2 Å². The molecule has 1 saturated carbocycles. The average Bonchev–Trinajstić information content (AvgIpc) is 3.12. The van der Waals surface area contributed by atoms with Gasteiger partial charge in [-0.3, -0.25) is 0 Å². The van der Waals surface area contributed by atoms with Gasteiger partial charge in [-0.05, 0) is 44.6 Å². The number of fused-ring (bicyclic) bond motifs is 2. The molecule has 1 aromatic rings. The van der Waals surface area contributed by atoms with E-state index in [2.05, 4.69) is 10.6 Å².